The first kappa shape index (κ1) is 16.0. The van der Waals surface area contributed by atoms with Gasteiger partial charge in [0.05, 0.1) is 6.54 Å². The van der Waals surface area contributed by atoms with Crippen molar-refractivity contribution < 1.29 is 4.79 Å². The predicted octanol–water partition coefficient (Wildman–Crippen LogP) is 2.27. The summed E-state index contributed by atoms with van der Waals surface area (Å²) in [7, 11) is 3.71. The molecule has 1 amide bonds. The Morgan fingerprint density at radius 3 is 2.77 bits per heavy atom. The SMILES string of the molecule is CN(C)C(=O)CN1CCC[C@@]12CCCN(Cc1cccs1)C2. The van der Waals surface area contributed by atoms with Gasteiger partial charge in [-0.25, -0.2) is 0 Å². The summed E-state index contributed by atoms with van der Waals surface area (Å²) in [6.07, 6.45) is 4.97. The maximum absolute atomic E-state index is 12.1. The average Bonchev–Trinajstić information content (AvgIpc) is 3.11. The molecule has 1 aromatic rings. The van der Waals surface area contributed by atoms with Crippen LogP contribution in [0.1, 0.15) is 30.6 Å². The second kappa shape index (κ2) is 6.69. The molecule has 2 fully saturated rings. The van der Waals surface area contributed by atoms with Crippen molar-refractivity contribution in [3.63, 3.8) is 0 Å². The van der Waals surface area contributed by atoms with Crippen LogP contribution in [0.15, 0.2) is 17.5 Å². The molecule has 1 spiro atoms. The second-order valence-corrected chi connectivity index (χ2v) is 7.96. The fraction of sp³-hybridized carbons (Fsp3) is 0.706. The van der Waals surface area contributed by atoms with Crippen molar-refractivity contribution in [1.82, 2.24) is 14.7 Å². The maximum Gasteiger partial charge on any atom is 0.236 e. The van der Waals surface area contributed by atoms with Gasteiger partial charge in [0.2, 0.25) is 5.91 Å². The summed E-state index contributed by atoms with van der Waals surface area (Å²) in [4.78, 5) is 20.4. The van der Waals surface area contributed by atoms with Gasteiger partial charge in [0.1, 0.15) is 0 Å². The molecule has 0 bridgehead atoms. The molecule has 3 rings (SSSR count). The highest BCUT2D eigenvalue weighted by atomic mass is 32.1. The molecule has 5 heteroatoms. The molecule has 0 radical (unpaired) electrons. The monoisotopic (exact) mass is 321 g/mol. The molecule has 4 nitrogen and oxygen atoms in total. The molecule has 3 heterocycles. The van der Waals surface area contributed by atoms with Gasteiger partial charge < -0.3 is 4.90 Å². The minimum Gasteiger partial charge on any atom is -0.348 e. The molecule has 1 aromatic heterocycles. The molecule has 0 aliphatic carbocycles. The van der Waals surface area contributed by atoms with E-state index >= 15 is 0 Å². The number of likely N-dealkylation sites (N-methyl/N-ethyl adjacent to an activating group) is 1. The Hall–Kier alpha value is -0.910. The van der Waals surface area contributed by atoms with Crippen LogP contribution >= 0.6 is 11.3 Å². The highest BCUT2D eigenvalue weighted by Crippen LogP contribution is 2.37. The lowest BCUT2D eigenvalue weighted by Gasteiger charge is -2.46. The lowest BCUT2D eigenvalue weighted by atomic mass is 9.86. The van der Waals surface area contributed by atoms with Crippen molar-refractivity contribution in [1.29, 1.82) is 0 Å². The van der Waals surface area contributed by atoms with Crippen molar-refractivity contribution >= 4 is 17.2 Å². The second-order valence-electron chi connectivity index (χ2n) is 6.93. The predicted molar refractivity (Wildman–Crippen MR) is 91.1 cm³/mol. The summed E-state index contributed by atoms with van der Waals surface area (Å²) in [5.41, 5.74) is 0.237. The number of nitrogens with zero attached hydrogens (tertiary/aromatic N) is 3. The van der Waals surface area contributed by atoms with Crippen LogP contribution in [-0.4, -0.2) is 66.4 Å². The highest BCUT2D eigenvalue weighted by molar-refractivity contribution is 7.09. The van der Waals surface area contributed by atoms with Gasteiger partial charge in [-0.05, 0) is 50.2 Å². The molecule has 2 saturated heterocycles. The average molecular weight is 321 g/mol. The quantitative estimate of drug-likeness (QED) is 0.851. The van der Waals surface area contributed by atoms with Crippen LogP contribution in [0.25, 0.3) is 0 Å². The van der Waals surface area contributed by atoms with Gasteiger partial charge in [-0.1, -0.05) is 6.07 Å². The topological polar surface area (TPSA) is 26.8 Å². The molecule has 22 heavy (non-hydrogen) atoms. The van der Waals surface area contributed by atoms with Crippen molar-refractivity contribution in [2.75, 3.05) is 40.3 Å². The molecule has 1 atom stereocenters. The zero-order valence-corrected chi connectivity index (χ0v) is 14.6. The van der Waals surface area contributed by atoms with E-state index in [1.807, 2.05) is 25.4 Å². The number of piperidine rings is 1. The van der Waals surface area contributed by atoms with Crippen LogP contribution in [0.5, 0.6) is 0 Å². The Morgan fingerprint density at radius 2 is 2.09 bits per heavy atom. The number of likely N-dealkylation sites (tertiary alicyclic amines) is 2. The zero-order valence-electron chi connectivity index (χ0n) is 13.8. The van der Waals surface area contributed by atoms with Gasteiger partial charge in [-0.3, -0.25) is 14.6 Å². The van der Waals surface area contributed by atoms with E-state index in [9.17, 15) is 4.79 Å². The third-order valence-electron chi connectivity index (χ3n) is 5.16. The Balaban J connectivity index is 1.66. The number of hydrogen-bond acceptors (Lipinski definition) is 4. The van der Waals surface area contributed by atoms with Crippen LogP contribution in [0.4, 0.5) is 0 Å². The standard InChI is InChI=1S/C17H27N3OS/c1-18(2)16(21)13-20-10-5-8-17(20)7-4-9-19(14-17)12-15-6-3-11-22-15/h3,6,11H,4-5,7-10,12-14H2,1-2H3/t17-/m1/s1. The van der Waals surface area contributed by atoms with E-state index in [1.54, 1.807) is 4.90 Å². The van der Waals surface area contributed by atoms with E-state index in [-0.39, 0.29) is 11.4 Å². The van der Waals surface area contributed by atoms with Crippen molar-refractivity contribution in [2.24, 2.45) is 0 Å². The summed E-state index contributed by atoms with van der Waals surface area (Å²) < 4.78 is 0. The summed E-state index contributed by atoms with van der Waals surface area (Å²) in [6.45, 7) is 5.03. The van der Waals surface area contributed by atoms with Crippen molar-refractivity contribution in [3.8, 4) is 0 Å². The minimum absolute atomic E-state index is 0.233. The van der Waals surface area contributed by atoms with Crippen molar-refractivity contribution in [3.05, 3.63) is 22.4 Å². The highest BCUT2D eigenvalue weighted by Gasteiger charge is 2.44. The van der Waals surface area contributed by atoms with E-state index in [1.165, 1.54) is 37.1 Å². The first-order valence-corrected chi connectivity index (χ1v) is 9.17. The number of rotatable bonds is 4. The van der Waals surface area contributed by atoms with Gasteiger partial charge in [-0.2, -0.15) is 0 Å². The lowest BCUT2D eigenvalue weighted by Crippen LogP contribution is -2.57. The molecule has 122 valence electrons. The number of carbonyl (C=O) groups excluding carboxylic acids is 1. The molecule has 0 aromatic carbocycles. The van der Waals surface area contributed by atoms with E-state index in [4.69, 9.17) is 0 Å². The summed E-state index contributed by atoms with van der Waals surface area (Å²) >= 11 is 1.85. The molecule has 2 aliphatic heterocycles. The summed E-state index contributed by atoms with van der Waals surface area (Å²) in [6, 6.07) is 4.37. The summed E-state index contributed by atoms with van der Waals surface area (Å²) in [5, 5.41) is 2.16. The van der Waals surface area contributed by atoms with Gasteiger partial charge in [0.15, 0.2) is 0 Å². The number of thiophene rings is 1. The first-order valence-electron chi connectivity index (χ1n) is 8.29. The number of amides is 1. The molecule has 2 aliphatic rings. The number of hydrogen-bond donors (Lipinski definition) is 0. The van der Waals surface area contributed by atoms with Gasteiger partial charge in [0.25, 0.3) is 0 Å². The van der Waals surface area contributed by atoms with Crippen molar-refractivity contribution in [2.45, 2.75) is 37.8 Å². The Bertz CT molecular complexity index is 502. The van der Waals surface area contributed by atoms with E-state index in [0.29, 0.717) is 6.54 Å². The van der Waals surface area contributed by atoms with Crippen LogP contribution in [0.3, 0.4) is 0 Å². The lowest BCUT2D eigenvalue weighted by molar-refractivity contribution is -0.131. The van der Waals surface area contributed by atoms with Crippen LogP contribution in [0, 0.1) is 0 Å². The normalized spacial score (nSPS) is 26.6. The van der Waals surface area contributed by atoms with E-state index in [2.05, 4.69) is 27.3 Å². The number of carbonyl (C=O) groups is 1. The van der Waals surface area contributed by atoms with Crippen LogP contribution in [-0.2, 0) is 11.3 Å². The Kier molecular flexibility index (Phi) is 4.85. The Labute approximate surface area is 137 Å². The molecule has 0 unspecified atom stereocenters. The van der Waals surface area contributed by atoms with Gasteiger partial charge in [-0.15, -0.1) is 11.3 Å². The largest absolute Gasteiger partial charge is 0.348 e. The smallest absolute Gasteiger partial charge is 0.236 e. The molecular weight excluding hydrogens is 294 g/mol. The van der Waals surface area contributed by atoms with Crippen LogP contribution < -0.4 is 0 Å². The van der Waals surface area contributed by atoms with E-state index in [0.717, 1.165) is 19.6 Å². The third-order valence-corrected chi connectivity index (χ3v) is 6.02. The van der Waals surface area contributed by atoms with Gasteiger partial charge >= 0.3 is 0 Å². The fourth-order valence-electron chi connectivity index (χ4n) is 3.97. The molecule has 0 N–H and O–H groups in total. The van der Waals surface area contributed by atoms with Crippen LogP contribution in [0.2, 0.25) is 0 Å². The first-order chi connectivity index (χ1) is 10.6. The fourth-order valence-corrected chi connectivity index (χ4v) is 4.72. The minimum atomic E-state index is 0.233. The molecule has 0 saturated carbocycles. The zero-order chi connectivity index (χ0) is 15.6. The van der Waals surface area contributed by atoms with E-state index < -0.39 is 0 Å². The Morgan fingerprint density at radius 1 is 1.32 bits per heavy atom. The maximum atomic E-state index is 12.1. The molecular formula is C17H27N3OS. The third kappa shape index (κ3) is 3.36. The summed E-state index contributed by atoms with van der Waals surface area (Å²) in [5.74, 6) is 0.233. The van der Waals surface area contributed by atoms with Gasteiger partial charge in [0, 0.05) is 37.6 Å².